The number of amides is 1. The number of hydrogen-bond acceptors (Lipinski definition) is 6. The van der Waals surface area contributed by atoms with Crippen molar-refractivity contribution >= 4 is 22.2 Å². The lowest BCUT2D eigenvalue weighted by molar-refractivity contribution is -0.120. The highest BCUT2D eigenvalue weighted by atomic mass is 32.1. The number of aromatic nitrogens is 5. The Kier molecular flexibility index (Phi) is 6.00. The van der Waals surface area contributed by atoms with Crippen molar-refractivity contribution in [3.05, 3.63) is 98.8 Å². The standard InChI is InChI=1S/C26H24N6O2S/c1-16-7-6-9-20(11-16)32-17(2)12-22(30-32)24-18(3)29-26-31(25(24)34)21(15-35-26)13-23(33)28-14-19-8-4-5-10-27-19/h4-12,15H,13-14H2,1-3H3,(H,28,33). The molecule has 0 aliphatic heterocycles. The highest BCUT2D eigenvalue weighted by Gasteiger charge is 2.20. The summed E-state index contributed by atoms with van der Waals surface area (Å²) in [7, 11) is 0. The maximum absolute atomic E-state index is 13.6. The van der Waals surface area contributed by atoms with Gasteiger partial charge in [-0.15, -0.1) is 11.3 Å². The van der Waals surface area contributed by atoms with Gasteiger partial charge < -0.3 is 5.32 Å². The summed E-state index contributed by atoms with van der Waals surface area (Å²) in [6, 6.07) is 15.5. The first-order chi connectivity index (χ1) is 16.9. The Labute approximate surface area is 205 Å². The summed E-state index contributed by atoms with van der Waals surface area (Å²) in [4.78, 5) is 35.7. The topological polar surface area (TPSA) is 94.2 Å². The molecule has 5 rings (SSSR count). The summed E-state index contributed by atoms with van der Waals surface area (Å²) < 4.78 is 3.35. The number of benzene rings is 1. The first-order valence-electron chi connectivity index (χ1n) is 11.2. The molecule has 0 aliphatic rings. The predicted molar refractivity (Wildman–Crippen MR) is 136 cm³/mol. The van der Waals surface area contributed by atoms with E-state index in [-0.39, 0.29) is 17.9 Å². The van der Waals surface area contributed by atoms with Crippen LogP contribution in [0.3, 0.4) is 0 Å². The molecule has 1 amide bonds. The summed E-state index contributed by atoms with van der Waals surface area (Å²) in [5, 5.41) is 9.41. The van der Waals surface area contributed by atoms with Crippen LogP contribution in [-0.2, 0) is 17.8 Å². The van der Waals surface area contributed by atoms with Gasteiger partial charge in [0.1, 0.15) is 5.69 Å². The van der Waals surface area contributed by atoms with Gasteiger partial charge >= 0.3 is 0 Å². The van der Waals surface area contributed by atoms with Crippen LogP contribution < -0.4 is 10.9 Å². The third kappa shape index (κ3) is 4.50. The van der Waals surface area contributed by atoms with E-state index in [0.29, 0.717) is 34.2 Å². The van der Waals surface area contributed by atoms with E-state index in [2.05, 4.69) is 15.3 Å². The van der Waals surface area contributed by atoms with Gasteiger partial charge in [-0.05, 0) is 56.7 Å². The van der Waals surface area contributed by atoms with Gasteiger partial charge in [-0.1, -0.05) is 18.2 Å². The highest BCUT2D eigenvalue weighted by molar-refractivity contribution is 7.15. The van der Waals surface area contributed by atoms with Crippen molar-refractivity contribution in [1.29, 1.82) is 0 Å². The summed E-state index contributed by atoms with van der Waals surface area (Å²) in [5.41, 5.74) is 5.71. The number of carbonyl (C=O) groups is 1. The molecule has 5 aromatic rings. The number of nitrogens with zero attached hydrogens (tertiary/aromatic N) is 5. The zero-order valence-electron chi connectivity index (χ0n) is 19.6. The number of carbonyl (C=O) groups excluding carboxylic acids is 1. The molecule has 4 heterocycles. The van der Waals surface area contributed by atoms with E-state index in [0.717, 1.165) is 22.6 Å². The van der Waals surface area contributed by atoms with Gasteiger partial charge in [-0.2, -0.15) is 5.10 Å². The molecule has 1 N–H and O–H groups in total. The van der Waals surface area contributed by atoms with Crippen LogP contribution in [0, 0.1) is 20.8 Å². The van der Waals surface area contributed by atoms with Crippen molar-refractivity contribution in [2.45, 2.75) is 33.7 Å². The van der Waals surface area contributed by atoms with Gasteiger partial charge in [0.2, 0.25) is 5.91 Å². The maximum Gasteiger partial charge on any atom is 0.268 e. The molecule has 0 saturated carbocycles. The fraction of sp³-hybridized carbons (Fsp3) is 0.192. The largest absolute Gasteiger partial charge is 0.350 e. The van der Waals surface area contributed by atoms with E-state index >= 15 is 0 Å². The average molecular weight is 485 g/mol. The van der Waals surface area contributed by atoms with E-state index < -0.39 is 0 Å². The molecule has 9 heteroatoms. The number of nitrogens with one attached hydrogen (secondary N) is 1. The Morgan fingerprint density at radius 2 is 1.94 bits per heavy atom. The van der Waals surface area contributed by atoms with Gasteiger partial charge in [0.25, 0.3) is 5.56 Å². The molecule has 0 unspecified atom stereocenters. The molecule has 0 fully saturated rings. The van der Waals surface area contributed by atoms with Crippen LogP contribution in [0.4, 0.5) is 0 Å². The molecule has 8 nitrogen and oxygen atoms in total. The van der Waals surface area contributed by atoms with E-state index in [9.17, 15) is 9.59 Å². The van der Waals surface area contributed by atoms with E-state index in [1.165, 1.54) is 15.7 Å². The SMILES string of the molecule is Cc1cccc(-n2nc(-c3c(C)nc4scc(CC(=O)NCc5ccccn5)n4c3=O)cc2C)c1. The molecule has 0 spiro atoms. The molecule has 4 aromatic heterocycles. The minimum Gasteiger partial charge on any atom is -0.350 e. The number of aryl methyl sites for hydroxylation is 3. The van der Waals surface area contributed by atoms with Crippen molar-refractivity contribution in [3.63, 3.8) is 0 Å². The normalized spacial score (nSPS) is 11.2. The zero-order valence-corrected chi connectivity index (χ0v) is 20.5. The quantitative estimate of drug-likeness (QED) is 0.396. The lowest BCUT2D eigenvalue weighted by atomic mass is 10.1. The van der Waals surface area contributed by atoms with Gasteiger partial charge in [0.15, 0.2) is 4.96 Å². The Bertz CT molecular complexity index is 1600. The summed E-state index contributed by atoms with van der Waals surface area (Å²) in [6.45, 7) is 6.13. The third-order valence-corrected chi connectivity index (χ3v) is 6.62. The Morgan fingerprint density at radius 3 is 2.71 bits per heavy atom. The molecule has 0 bridgehead atoms. The minimum atomic E-state index is -0.227. The van der Waals surface area contributed by atoms with Crippen LogP contribution in [0.15, 0.2) is 64.9 Å². The average Bonchev–Trinajstić information content (AvgIpc) is 3.41. The van der Waals surface area contributed by atoms with Gasteiger partial charge in [-0.3, -0.25) is 19.0 Å². The predicted octanol–water partition coefficient (Wildman–Crippen LogP) is 3.79. The van der Waals surface area contributed by atoms with Gasteiger partial charge in [-0.25, -0.2) is 9.67 Å². The van der Waals surface area contributed by atoms with E-state index in [1.54, 1.807) is 6.20 Å². The van der Waals surface area contributed by atoms with Crippen molar-refractivity contribution in [2.24, 2.45) is 0 Å². The summed E-state index contributed by atoms with van der Waals surface area (Å²) >= 11 is 1.34. The molecule has 0 radical (unpaired) electrons. The number of thiazole rings is 1. The fourth-order valence-electron chi connectivity index (χ4n) is 4.06. The zero-order chi connectivity index (χ0) is 24.5. The third-order valence-electron chi connectivity index (χ3n) is 5.75. The first-order valence-corrected chi connectivity index (χ1v) is 12.1. The Balaban J connectivity index is 1.48. The van der Waals surface area contributed by atoms with Gasteiger partial charge in [0, 0.05) is 23.0 Å². The van der Waals surface area contributed by atoms with Crippen LogP contribution in [0.1, 0.15) is 28.3 Å². The molecule has 0 atom stereocenters. The molecule has 0 aliphatic carbocycles. The van der Waals surface area contributed by atoms with Crippen LogP contribution in [-0.4, -0.2) is 30.1 Å². The molecular weight excluding hydrogens is 460 g/mol. The second-order valence-electron chi connectivity index (χ2n) is 8.42. The Morgan fingerprint density at radius 1 is 1.09 bits per heavy atom. The van der Waals surface area contributed by atoms with Crippen molar-refractivity contribution in [2.75, 3.05) is 0 Å². The van der Waals surface area contributed by atoms with E-state index in [1.807, 2.05) is 79.4 Å². The van der Waals surface area contributed by atoms with E-state index in [4.69, 9.17) is 5.10 Å². The molecule has 1 aromatic carbocycles. The lowest BCUT2D eigenvalue weighted by Crippen LogP contribution is -2.27. The van der Waals surface area contributed by atoms with Crippen LogP contribution in [0.25, 0.3) is 21.9 Å². The van der Waals surface area contributed by atoms with Crippen molar-refractivity contribution in [3.8, 4) is 16.9 Å². The minimum absolute atomic E-state index is 0.0632. The molecule has 176 valence electrons. The molecule has 0 saturated heterocycles. The number of pyridine rings is 1. The lowest BCUT2D eigenvalue weighted by Gasteiger charge is -2.07. The molecule has 35 heavy (non-hydrogen) atoms. The first kappa shape index (κ1) is 22.7. The van der Waals surface area contributed by atoms with Crippen molar-refractivity contribution in [1.82, 2.24) is 29.5 Å². The molecular formula is C26H24N6O2S. The fourth-order valence-corrected chi connectivity index (χ4v) is 4.99. The van der Waals surface area contributed by atoms with Crippen molar-refractivity contribution < 1.29 is 4.79 Å². The maximum atomic E-state index is 13.6. The summed E-state index contributed by atoms with van der Waals surface area (Å²) in [5.74, 6) is -0.191. The van der Waals surface area contributed by atoms with Crippen LogP contribution >= 0.6 is 11.3 Å². The van der Waals surface area contributed by atoms with Gasteiger partial charge in [0.05, 0.1) is 35.6 Å². The van der Waals surface area contributed by atoms with Crippen LogP contribution in [0.5, 0.6) is 0 Å². The number of hydrogen-bond donors (Lipinski definition) is 1. The number of rotatable bonds is 6. The summed E-state index contributed by atoms with van der Waals surface area (Å²) in [6.07, 6.45) is 1.75. The second kappa shape index (κ2) is 9.27. The monoisotopic (exact) mass is 484 g/mol. The Hall–Kier alpha value is -4.11. The van der Waals surface area contributed by atoms with Crippen LogP contribution in [0.2, 0.25) is 0 Å². The number of fused-ring (bicyclic) bond motifs is 1. The smallest absolute Gasteiger partial charge is 0.268 e. The second-order valence-corrected chi connectivity index (χ2v) is 9.26. The highest BCUT2D eigenvalue weighted by Crippen LogP contribution is 2.23.